The molecule has 0 amide bonds. The lowest BCUT2D eigenvalue weighted by molar-refractivity contribution is 0.0490. The Morgan fingerprint density at radius 1 is 1.15 bits per heavy atom. The van der Waals surface area contributed by atoms with Crippen LogP contribution in [0, 0.1) is 6.92 Å². The van der Waals surface area contributed by atoms with Gasteiger partial charge in [-0.3, -0.25) is 4.98 Å². The van der Waals surface area contributed by atoms with Crippen molar-refractivity contribution in [3.8, 4) is 16.5 Å². The summed E-state index contributed by atoms with van der Waals surface area (Å²) in [6.45, 7) is 2.53. The molecule has 1 aromatic carbocycles. The molecule has 0 saturated heterocycles. The van der Waals surface area contributed by atoms with E-state index < -0.39 is 0 Å². The molecule has 0 unspecified atom stereocenters. The standard InChI is InChI=1S/C19H17ClN2O3S/c1-13-17(26-18(22-13)16-5-2-3-10-21-16)19(23)25-12-4-11-24-15-8-6-14(20)7-9-15/h2-3,5-10H,4,11-12H2,1H3. The molecule has 134 valence electrons. The van der Waals surface area contributed by atoms with E-state index in [0.29, 0.717) is 33.6 Å². The summed E-state index contributed by atoms with van der Waals surface area (Å²) in [4.78, 5) is 21.4. The third kappa shape index (κ3) is 4.80. The molecule has 0 radical (unpaired) electrons. The van der Waals surface area contributed by atoms with Gasteiger partial charge in [0, 0.05) is 17.6 Å². The number of halogens is 1. The van der Waals surface area contributed by atoms with Crippen LogP contribution in [0.2, 0.25) is 5.02 Å². The first-order chi connectivity index (χ1) is 12.6. The van der Waals surface area contributed by atoms with Gasteiger partial charge in [-0.2, -0.15) is 0 Å². The van der Waals surface area contributed by atoms with Crippen molar-refractivity contribution >= 4 is 28.9 Å². The molecule has 0 spiro atoms. The van der Waals surface area contributed by atoms with Crippen LogP contribution in [0.15, 0.2) is 48.7 Å². The average Bonchev–Trinajstić information content (AvgIpc) is 3.05. The van der Waals surface area contributed by atoms with Gasteiger partial charge in [0.05, 0.1) is 24.6 Å². The number of aryl methyl sites for hydroxylation is 1. The number of benzene rings is 1. The number of hydrogen-bond donors (Lipinski definition) is 0. The van der Waals surface area contributed by atoms with Gasteiger partial charge in [0.25, 0.3) is 0 Å². The molecule has 26 heavy (non-hydrogen) atoms. The molecule has 0 aliphatic heterocycles. The van der Waals surface area contributed by atoms with Crippen molar-refractivity contribution in [2.75, 3.05) is 13.2 Å². The lowest BCUT2D eigenvalue weighted by Gasteiger charge is -2.06. The van der Waals surface area contributed by atoms with Crippen LogP contribution in [0.5, 0.6) is 5.75 Å². The van der Waals surface area contributed by atoms with E-state index >= 15 is 0 Å². The number of rotatable bonds is 7. The Labute approximate surface area is 160 Å². The smallest absolute Gasteiger partial charge is 0.350 e. The van der Waals surface area contributed by atoms with Crippen molar-refractivity contribution in [3.05, 3.63) is 64.3 Å². The maximum Gasteiger partial charge on any atom is 0.350 e. The summed E-state index contributed by atoms with van der Waals surface area (Å²) in [5.74, 6) is 0.368. The Bertz CT molecular complexity index is 866. The van der Waals surface area contributed by atoms with Crippen LogP contribution in [0.25, 0.3) is 10.7 Å². The first-order valence-corrected chi connectivity index (χ1v) is 9.27. The highest BCUT2D eigenvalue weighted by atomic mass is 35.5. The number of aromatic nitrogens is 2. The number of pyridine rings is 1. The summed E-state index contributed by atoms with van der Waals surface area (Å²) in [6.07, 6.45) is 2.30. The molecule has 0 saturated carbocycles. The summed E-state index contributed by atoms with van der Waals surface area (Å²) < 4.78 is 10.9. The summed E-state index contributed by atoms with van der Waals surface area (Å²) in [5.41, 5.74) is 1.40. The van der Waals surface area contributed by atoms with Crippen LogP contribution in [0.4, 0.5) is 0 Å². The van der Waals surface area contributed by atoms with Gasteiger partial charge in [0.2, 0.25) is 0 Å². The molecule has 2 heterocycles. The predicted octanol–water partition coefficient (Wildman–Crippen LogP) is 4.79. The number of esters is 1. The van der Waals surface area contributed by atoms with Crippen molar-refractivity contribution in [2.45, 2.75) is 13.3 Å². The van der Waals surface area contributed by atoms with Crippen molar-refractivity contribution in [1.29, 1.82) is 0 Å². The second-order valence-corrected chi connectivity index (χ2v) is 6.88. The molecule has 3 aromatic rings. The lowest BCUT2D eigenvalue weighted by atomic mass is 10.3. The Balaban J connectivity index is 1.48. The summed E-state index contributed by atoms with van der Waals surface area (Å²) in [7, 11) is 0. The van der Waals surface area contributed by atoms with E-state index in [1.807, 2.05) is 18.2 Å². The Morgan fingerprint density at radius 2 is 1.96 bits per heavy atom. The zero-order valence-electron chi connectivity index (χ0n) is 14.1. The highest BCUT2D eigenvalue weighted by Crippen LogP contribution is 2.26. The number of hydrogen-bond acceptors (Lipinski definition) is 6. The third-order valence-electron chi connectivity index (χ3n) is 3.47. The second kappa shape index (κ2) is 8.78. The molecule has 0 aliphatic rings. The SMILES string of the molecule is Cc1nc(-c2ccccn2)sc1C(=O)OCCCOc1ccc(Cl)cc1. The van der Waals surface area contributed by atoms with E-state index in [2.05, 4.69) is 9.97 Å². The van der Waals surface area contributed by atoms with E-state index in [1.54, 1.807) is 37.4 Å². The van der Waals surface area contributed by atoms with Crippen molar-refractivity contribution in [3.63, 3.8) is 0 Å². The number of nitrogens with zero attached hydrogens (tertiary/aromatic N) is 2. The van der Waals surface area contributed by atoms with Gasteiger partial charge in [-0.05, 0) is 43.3 Å². The third-order valence-corrected chi connectivity index (χ3v) is 4.88. The molecule has 0 fully saturated rings. The molecule has 2 aromatic heterocycles. The normalized spacial score (nSPS) is 10.5. The van der Waals surface area contributed by atoms with E-state index in [4.69, 9.17) is 21.1 Å². The minimum absolute atomic E-state index is 0.280. The molecular weight excluding hydrogens is 372 g/mol. The minimum Gasteiger partial charge on any atom is -0.493 e. The van der Waals surface area contributed by atoms with E-state index in [9.17, 15) is 4.79 Å². The monoisotopic (exact) mass is 388 g/mol. The van der Waals surface area contributed by atoms with Crippen LogP contribution in [0.3, 0.4) is 0 Å². The highest BCUT2D eigenvalue weighted by Gasteiger charge is 2.17. The van der Waals surface area contributed by atoms with Gasteiger partial charge in [-0.25, -0.2) is 9.78 Å². The van der Waals surface area contributed by atoms with Gasteiger partial charge in [-0.1, -0.05) is 17.7 Å². The lowest BCUT2D eigenvalue weighted by Crippen LogP contribution is -2.09. The van der Waals surface area contributed by atoms with Crippen molar-refractivity contribution in [2.24, 2.45) is 0 Å². The van der Waals surface area contributed by atoms with Gasteiger partial charge < -0.3 is 9.47 Å². The fraction of sp³-hybridized carbons (Fsp3) is 0.211. The molecular formula is C19H17ClN2O3S. The number of carbonyl (C=O) groups is 1. The first-order valence-electron chi connectivity index (χ1n) is 8.08. The van der Waals surface area contributed by atoms with Crippen LogP contribution in [-0.4, -0.2) is 29.2 Å². The van der Waals surface area contributed by atoms with Crippen LogP contribution < -0.4 is 4.74 Å². The maximum atomic E-state index is 12.3. The second-order valence-electron chi connectivity index (χ2n) is 5.44. The number of thiazole rings is 1. The highest BCUT2D eigenvalue weighted by molar-refractivity contribution is 7.17. The van der Waals surface area contributed by atoms with Crippen LogP contribution >= 0.6 is 22.9 Å². The number of carbonyl (C=O) groups excluding carboxylic acids is 1. The van der Waals surface area contributed by atoms with Gasteiger partial charge in [-0.15, -0.1) is 11.3 Å². The first kappa shape index (κ1) is 18.4. The Hall–Kier alpha value is -2.44. The Kier molecular flexibility index (Phi) is 6.20. The van der Waals surface area contributed by atoms with Crippen LogP contribution in [-0.2, 0) is 4.74 Å². The predicted molar refractivity (Wildman–Crippen MR) is 102 cm³/mol. The van der Waals surface area contributed by atoms with Gasteiger partial charge in [0.15, 0.2) is 0 Å². The number of ether oxygens (including phenoxy) is 2. The molecule has 7 heteroatoms. The summed E-state index contributed by atoms with van der Waals surface area (Å²) >= 11 is 7.11. The zero-order chi connectivity index (χ0) is 18.4. The molecule has 3 rings (SSSR count). The minimum atomic E-state index is -0.367. The van der Waals surface area contributed by atoms with E-state index in [0.717, 1.165) is 11.4 Å². The average molecular weight is 389 g/mol. The quantitative estimate of drug-likeness (QED) is 0.430. The topological polar surface area (TPSA) is 61.3 Å². The van der Waals surface area contributed by atoms with E-state index in [1.165, 1.54) is 11.3 Å². The maximum absolute atomic E-state index is 12.3. The zero-order valence-corrected chi connectivity index (χ0v) is 15.7. The van der Waals surface area contributed by atoms with Gasteiger partial charge >= 0.3 is 5.97 Å². The van der Waals surface area contributed by atoms with Crippen molar-refractivity contribution in [1.82, 2.24) is 9.97 Å². The van der Waals surface area contributed by atoms with E-state index in [-0.39, 0.29) is 12.6 Å². The molecule has 0 bridgehead atoms. The Morgan fingerprint density at radius 3 is 2.69 bits per heavy atom. The van der Waals surface area contributed by atoms with Crippen molar-refractivity contribution < 1.29 is 14.3 Å². The molecule has 0 atom stereocenters. The van der Waals surface area contributed by atoms with Crippen LogP contribution in [0.1, 0.15) is 21.8 Å². The summed E-state index contributed by atoms with van der Waals surface area (Å²) in [5, 5.41) is 1.37. The molecule has 0 N–H and O–H groups in total. The molecule has 5 nitrogen and oxygen atoms in total. The summed E-state index contributed by atoms with van der Waals surface area (Å²) in [6, 6.07) is 12.7. The fourth-order valence-corrected chi connectivity index (χ4v) is 3.26. The molecule has 0 aliphatic carbocycles. The largest absolute Gasteiger partial charge is 0.493 e. The van der Waals surface area contributed by atoms with Gasteiger partial charge in [0.1, 0.15) is 15.6 Å². The fourth-order valence-electron chi connectivity index (χ4n) is 2.19.